The van der Waals surface area contributed by atoms with Crippen molar-refractivity contribution >= 4 is 11.9 Å². The molecule has 0 bridgehead atoms. The van der Waals surface area contributed by atoms with Crippen molar-refractivity contribution in [2.45, 2.75) is 65.1 Å². The fourth-order valence-electron chi connectivity index (χ4n) is 5.79. The summed E-state index contributed by atoms with van der Waals surface area (Å²) in [6.07, 6.45) is 7.05. The number of cyclic esters (lactones) is 1. The molecule has 3 aliphatic rings. The molecule has 3 rings (SSSR count). The molecular weight excluding hydrogens is 332 g/mol. The van der Waals surface area contributed by atoms with E-state index in [2.05, 4.69) is 13.5 Å². The van der Waals surface area contributed by atoms with Crippen LogP contribution in [-0.2, 0) is 19.1 Å². The largest absolute Gasteiger partial charge is 0.481 e. The van der Waals surface area contributed by atoms with Gasteiger partial charge in [-0.2, -0.15) is 0 Å². The summed E-state index contributed by atoms with van der Waals surface area (Å²) in [5.41, 5.74) is 1.11. The molecule has 5 atom stereocenters. The molecule has 0 aromatic carbocycles. The first-order valence-corrected chi connectivity index (χ1v) is 9.58. The number of rotatable bonds is 5. The molecule has 0 aromatic heterocycles. The quantitative estimate of drug-likeness (QED) is 0.589. The molecular formula is C21H30O5. The van der Waals surface area contributed by atoms with Crippen LogP contribution in [0.1, 0.15) is 58.8 Å². The third kappa shape index (κ3) is 3.00. The van der Waals surface area contributed by atoms with Gasteiger partial charge in [-0.25, -0.2) is 4.79 Å². The Morgan fingerprint density at radius 1 is 1.42 bits per heavy atom. The second-order valence-electron chi connectivity index (χ2n) is 8.62. The summed E-state index contributed by atoms with van der Waals surface area (Å²) in [6.45, 7) is 8.47. The summed E-state index contributed by atoms with van der Waals surface area (Å²) in [5.74, 6) is -0.604. The van der Waals surface area contributed by atoms with Gasteiger partial charge in [-0.3, -0.25) is 4.79 Å². The first kappa shape index (κ1) is 19.2. The van der Waals surface area contributed by atoms with E-state index >= 15 is 0 Å². The molecule has 2 saturated carbocycles. The number of fused-ring (bicyclic) bond motifs is 1. The third-order valence-corrected chi connectivity index (χ3v) is 7.27. The lowest BCUT2D eigenvalue weighted by Crippen LogP contribution is -2.53. The lowest BCUT2D eigenvalue weighted by Gasteiger charge is -2.57. The molecule has 0 aromatic rings. The van der Waals surface area contributed by atoms with Gasteiger partial charge in [-0.05, 0) is 68.8 Å². The Balaban J connectivity index is 1.81. The Bertz CT molecular complexity index is 651. The maximum atomic E-state index is 12.0. The molecule has 1 heterocycles. The van der Waals surface area contributed by atoms with Crippen molar-refractivity contribution in [3.8, 4) is 0 Å². The molecule has 0 radical (unpaired) electrons. The van der Waals surface area contributed by atoms with E-state index in [-0.39, 0.29) is 23.2 Å². The molecule has 26 heavy (non-hydrogen) atoms. The summed E-state index contributed by atoms with van der Waals surface area (Å²) in [7, 11) is 1.51. The number of carbonyl (C=O) groups excluding carboxylic acids is 1. The number of carbonyl (C=O) groups is 2. The van der Waals surface area contributed by atoms with Gasteiger partial charge < -0.3 is 14.6 Å². The van der Waals surface area contributed by atoms with Crippen LogP contribution in [0.25, 0.3) is 0 Å². The number of allylic oxidation sites excluding steroid dienone is 1. The number of aliphatic carboxylic acids is 1. The number of carboxylic acid groups (broad SMARTS) is 1. The zero-order valence-electron chi connectivity index (χ0n) is 16.0. The average Bonchev–Trinajstić information content (AvgIpc) is 2.94. The predicted molar refractivity (Wildman–Crippen MR) is 97.3 cm³/mol. The van der Waals surface area contributed by atoms with Crippen LogP contribution in [0, 0.1) is 22.7 Å². The van der Waals surface area contributed by atoms with Gasteiger partial charge in [-0.15, -0.1) is 0 Å². The van der Waals surface area contributed by atoms with Crippen LogP contribution in [0.5, 0.6) is 0 Å². The number of hydrogen-bond acceptors (Lipinski definition) is 4. The number of ether oxygens (including phenoxy) is 2. The molecule has 5 heteroatoms. The van der Waals surface area contributed by atoms with Crippen LogP contribution in [-0.4, -0.2) is 30.4 Å². The minimum Gasteiger partial charge on any atom is -0.481 e. The van der Waals surface area contributed by atoms with Crippen LogP contribution < -0.4 is 0 Å². The molecule has 0 amide bonds. The molecule has 0 spiro atoms. The predicted octanol–water partition coefficient (Wildman–Crippen LogP) is 4.09. The number of carboxylic acids is 1. The minimum absolute atomic E-state index is 0.0789. The summed E-state index contributed by atoms with van der Waals surface area (Å²) in [4.78, 5) is 24.0. The summed E-state index contributed by atoms with van der Waals surface area (Å²) >= 11 is 0. The lowest BCUT2D eigenvalue weighted by atomic mass is 9.46. The fourth-order valence-corrected chi connectivity index (χ4v) is 5.79. The number of hydrogen-bond donors (Lipinski definition) is 1. The van der Waals surface area contributed by atoms with Crippen molar-refractivity contribution in [2.75, 3.05) is 7.11 Å². The Kier molecular flexibility index (Phi) is 5.04. The van der Waals surface area contributed by atoms with E-state index in [0.717, 1.165) is 38.5 Å². The van der Waals surface area contributed by atoms with Gasteiger partial charge in [-0.1, -0.05) is 25.5 Å². The van der Waals surface area contributed by atoms with Gasteiger partial charge in [0.15, 0.2) is 0 Å². The molecule has 5 nitrogen and oxygen atoms in total. The highest BCUT2D eigenvalue weighted by atomic mass is 16.7. The van der Waals surface area contributed by atoms with Crippen molar-refractivity contribution < 1.29 is 24.2 Å². The van der Waals surface area contributed by atoms with Crippen molar-refractivity contribution in [3.63, 3.8) is 0 Å². The molecule has 1 aliphatic heterocycles. The molecule has 0 saturated heterocycles. The monoisotopic (exact) mass is 362 g/mol. The molecule has 1 N–H and O–H groups in total. The van der Waals surface area contributed by atoms with E-state index in [1.165, 1.54) is 12.7 Å². The third-order valence-electron chi connectivity index (χ3n) is 7.27. The van der Waals surface area contributed by atoms with Gasteiger partial charge >= 0.3 is 11.9 Å². The topological polar surface area (TPSA) is 72.8 Å². The highest BCUT2D eigenvalue weighted by molar-refractivity contribution is 5.90. The number of esters is 1. The maximum absolute atomic E-state index is 12.0. The molecule has 1 unspecified atom stereocenters. The van der Waals surface area contributed by atoms with E-state index in [9.17, 15) is 14.7 Å². The Hall–Kier alpha value is -1.62. The number of methoxy groups -OCH3 is 1. The molecule has 2 aliphatic carbocycles. The van der Waals surface area contributed by atoms with Crippen LogP contribution >= 0.6 is 0 Å². The Morgan fingerprint density at radius 3 is 2.77 bits per heavy atom. The van der Waals surface area contributed by atoms with Crippen molar-refractivity contribution in [1.82, 2.24) is 0 Å². The summed E-state index contributed by atoms with van der Waals surface area (Å²) in [6, 6.07) is 0. The van der Waals surface area contributed by atoms with Crippen LogP contribution in [0.3, 0.4) is 0 Å². The molecule has 144 valence electrons. The second-order valence-corrected chi connectivity index (χ2v) is 8.62. The van der Waals surface area contributed by atoms with Gasteiger partial charge in [0.05, 0.1) is 5.41 Å². The van der Waals surface area contributed by atoms with Crippen molar-refractivity contribution in [2.24, 2.45) is 22.7 Å². The van der Waals surface area contributed by atoms with E-state index < -0.39 is 17.7 Å². The average molecular weight is 362 g/mol. The minimum atomic E-state index is -0.676. The van der Waals surface area contributed by atoms with E-state index in [4.69, 9.17) is 9.47 Å². The Labute approximate surface area is 155 Å². The Morgan fingerprint density at radius 2 is 2.15 bits per heavy atom. The first-order chi connectivity index (χ1) is 12.2. The lowest BCUT2D eigenvalue weighted by molar-refractivity contribution is -0.164. The van der Waals surface area contributed by atoms with Crippen molar-refractivity contribution in [1.29, 1.82) is 0 Å². The van der Waals surface area contributed by atoms with Crippen LogP contribution in [0.4, 0.5) is 0 Å². The van der Waals surface area contributed by atoms with E-state index in [1.807, 2.05) is 6.92 Å². The van der Waals surface area contributed by atoms with Crippen LogP contribution in [0.2, 0.25) is 0 Å². The van der Waals surface area contributed by atoms with Crippen LogP contribution in [0.15, 0.2) is 23.8 Å². The summed E-state index contributed by atoms with van der Waals surface area (Å²) < 4.78 is 10.2. The summed E-state index contributed by atoms with van der Waals surface area (Å²) in [5, 5.41) is 9.89. The van der Waals surface area contributed by atoms with E-state index in [1.54, 1.807) is 6.08 Å². The second kappa shape index (κ2) is 6.84. The normalized spacial score (nSPS) is 40.0. The van der Waals surface area contributed by atoms with E-state index in [0.29, 0.717) is 12.0 Å². The standard InChI is InChI=1S/C21H30O5/c1-13-6-9-16-20(2,10-5-11-21(16,3)19(23)24)15(13)8-7-14-12-17(25-4)26-18(14)22/h12,15-17H,1,5-11H2,2-4H3,(H,23,24)/t15-,16+,17?,20-,21+/m1/s1. The zero-order chi connectivity index (χ0) is 19.1. The van der Waals surface area contributed by atoms with Gasteiger partial charge in [0.2, 0.25) is 6.29 Å². The smallest absolute Gasteiger partial charge is 0.336 e. The highest BCUT2D eigenvalue weighted by Gasteiger charge is 2.57. The first-order valence-electron chi connectivity index (χ1n) is 9.58. The zero-order valence-corrected chi connectivity index (χ0v) is 16.0. The SMILES string of the molecule is C=C1CC[C@H]2[C@](C)(CCC[C@]2(C)C(=O)O)[C@@H]1CCC1=CC(OC)OC1=O. The maximum Gasteiger partial charge on any atom is 0.336 e. The van der Waals surface area contributed by atoms with Gasteiger partial charge in [0, 0.05) is 12.7 Å². The highest BCUT2D eigenvalue weighted by Crippen LogP contribution is 2.62. The van der Waals surface area contributed by atoms with Gasteiger partial charge in [0.1, 0.15) is 0 Å². The molecule has 2 fully saturated rings. The fraction of sp³-hybridized carbons (Fsp3) is 0.714. The van der Waals surface area contributed by atoms with Gasteiger partial charge in [0.25, 0.3) is 0 Å². The van der Waals surface area contributed by atoms with Crippen molar-refractivity contribution in [3.05, 3.63) is 23.8 Å².